The lowest BCUT2D eigenvalue weighted by Crippen LogP contribution is -2.30. The Morgan fingerprint density at radius 2 is 1.69 bits per heavy atom. The molecule has 0 aliphatic rings. The van der Waals surface area contributed by atoms with Crippen LogP contribution in [0.3, 0.4) is 0 Å². The molecule has 1 aromatic heterocycles. The van der Waals surface area contributed by atoms with E-state index >= 15 is 0 Å². The van der Waals surface area contributed by atoms with Crippen LogP contribution in [0.4, 0.5) is 0 Å². The number of hydrogen-bond acceptors (Lipinski definition) is 4. The Balaban J connectivity index is 1.90. The van der Waals surface area contributed by atoms with E-state index in [1.807, 2.05) is 24.3 Å². The molecule has 26 heavy (non-hydrogen) atoms. The minimum absolute atomic E-state index is 0.0862. The lowest BCUT2D eigenvalue weighted by Gasteiger charge is -2.25. The molecule has 0 amide bonds. The highest BCUT2D eigenvalue weighted by Crippen LogP contribution is 2.34. The average molecular weight is 411 g/mol. The van der Waals surface area contributed by atoms with Gasteiger partial charge in [-0.05, 0) is 36.8 Å². The first-order valence-corrected chi connectivity index (χ1v) is 9.89. The van der Waals surface area contributed by atoms with E-state index < -0.39 is 16.1 Å². The second-order valence-electron chi connectivity index (χ2n) is 5.68. The molecule has 1 heterocycles. The first-order chi connectivity index (χ1) is 12.3. The van der Waals surface area contributed by atoms with Crippen molar-refractivity contribution in [1.82, 2.24) is 19.1 Å². The Labute approximate surface area is 162 Å². The van der Waals surface area contributed by atoms with E-state index in [9.17, 15) is 8.42 Å². The van der Waals surface area contributed by atoms with Crippen LogP contribution in [0.2, 0.25) is 10.0 Å². The summed E-state index contributed by atoms with van der Waals surface area (Å²) in [5, 5.41) is 4.26. The van der Waals surface area contributed by atoms with Crippen molar-refractivity contribution in [3.63, 3.8) is 0 Å². The largest absolute Gasteiger partial charge is 0.246 e. The SMILES string of the molecule is CC(c1ccc(-n2cncn2)cc1)N(C)S(=O)(=O)c1c(Cl)cccc1Cl. The van der Waals surface area contributed by atoms with E-state index in [1.54, 1.807) is 24.0 Å². The molecule has 0 saturated heterocycles. The molecule has 3 rings (SSSR count). The average Bonchev–Trinajstić information content (AvgIpc) is 3.15. The number of sulfonamides is 1. The maximum absolute atomic E-state index is 13.0. The number of nitrogens with zero attached hydrogens (tertiary/aromatic N) is 4. The Kier molecular flexibility index (Phi) is 5.34. The Morgan fingerprint density at radius 1 is 1.08 bits per heavy atom. The number of aromatic nitrogens is 3. The highest BCUT2D eigenvalue weighted by atomic mass is 35.5. The van der Waals surface area contributed by atoms with Gasteiger partial charge in [0.15, 0.2) is 0 Å². The van der Waals surface area contributed by atoms with Crippen molar-refractivity contribution in [2.24, 2.45) is 0 Å². The number of benzene rings is 2. The van der Waals surface area contributed by atoms with E-state index in [2.05, 4.69) is 10.1 Å². The minimum atomic E-state index is -3.86. The van der Waals surface area contributed by atoms with Crippen LogP contribution in [-0.4, -0.2) is 34.5 Å². The van der Waals surface area contributed by atoms with E-state index in [4.69, 9.17) is 23.2 Å². The summed E-state index contributed by atoms with van der Waals surface area (Å²) in [7, 11) is -2.35. The molecular formula is C17H16Cl2N4O2S. The normalized spacial score (nSPS) is 13.1. The van der Waals surface area contributed by atoms with Crippen molar-refractivity contribution in [3.05, 3.63) is 70.7 Å². The van der Waals surface area contributed by atoms with E-state index in [-0.39, 0.29) is 14.9 Å². The van der Waals surface area contributed by atoms with Gasteiger partial charge in [0.2, 0.25) is 10.0 Å². The molecule has 0 spiro atoms. The van der Waals surface area contributed by atoms with Gasteiger partial charge in [-0.3, -0.25) is 0 Å². The van der Waals surface area contributed by atoms with Crippen LogP contribution in [0.1, 0.15) is 18.5 Å². The summed E-state index contributed by atoms with van der Waals surface area (Å²) in [4.78, 5) is 3.82. The van der Waals surface area contributed by atoms with Crippen LogP contribution in [-0.2, 0) is 10.0 Å². The fourth-order valence-corrected chi connectivity index (χ4v) is 4.98. The summed E-state index contributed by atoms with van der Waals surface area (Å²) in [5.41, 5.74) is 1.65. The molecule has 1 unspecified atom stereocenters. The van der Waals surface area contributed by atoms with Gasteiger partial charge in [-0.15, -0.1) is 0 Å². The first-order valence-electron chi connectivity index (χ1n) is 7.69. The molecule has 1 atom stereocenters. The van der Waals surface area contributed by atoms with Crippen LogP contribution in [0, 0.1) is 0 Å². The maximum atomic E-state index is 13.0. The van der Waals surface area contributed by atoms with Crippen LogP contribution in [0.5, 0.6) is 0 Å². The molecule has 0 N–H and O–H groups in total. The number of hydrogen-bond donors (Lipinski definition) is 0. The summed E-state index contributed by atoms with van der Waals surface area (Å²) >= 11 is 12.2. The molecule has 0 aliphatic heterocycles. The topological polar surface area (TPSA) is 68.1 Å². The van der Waals surface area contributed by atoms with Crippen molar-refractivity contribution < 1.29 is 8.42 Å². The third kappa shape index (κ3) is 3.48. The summed E-state index contributed by atoms with van der Waals surface area (Å²) in [5.74, 6) is 0. The maximum Gasteiger partial charge on any atom is 0.246 e. The first kappa shape index (κ1) is 18.8. The zero-order chi connectivity index (χ0) is 18.9. The smallest absolute Gasteiger partial charge is 0.223 e. The predicted octanol–water partition coefficient (Wildman–Crippen LogP) is 3.96. The molecule has 3 aromatic rings. The van der Waals surface area contributed by atoms with E-state index in [0.717, 1.165) is 11.3 Å². The van der Waals surface area contributed by atoms with Crippen molar-refractivity contribution in [1.29, 1.82) is 0 Å². The Bertz CT molecular complexity index is 986. The molecule has 0 bridgehead atoms. The molecule has 0 aliphatic carbocycles. The van der Waals surface area contributed by atoms with Gasteiger partial charge in [0.25, 0.3) is 0 Å². The highest BCUT2D eigenvalue weighted by molar-refractivity contribution is 7.89. The fraction of sp³-hybridized carbons (Fsp3) is 0.176. The van der Waals surface area contributed by atoms with Gasteiger partial charge in [0.05, 0.1) is 15.7 Å². The quantitative estimate of drug-likeness (QED) is 0.638. The van der Waals surface area contributed by atoms with Crippen LogP contribution in [0.15, 0.2) is 60.0 Å². The predicted molar refractivity (Wildman–Crippen MR) is 101 cm³/mol. The molecule has 2 aromatic carbocycles. The lowest BCUT2D eigenvalue weighted by atomic mass is 10.1. The minimum Gasteiger partial charge on any atom is -0.223 e. The lowest BCUT2D eigenvalue weighted by molar-refractivity contribution is 0.398. The van der Waals surface area contributed by atoms with Gasteiger partial charge in [-0.25, -0.2) is 18.1 Å². The molecule has 0 saturated carbocycles. The standard InChI is InChI=1S/C17H16Cl2N4O2S/c1-12(13-6-8-14(9-7-13)23-11-20-10-21-23)22(2)26(24,25)17-15(18)4-3-5-16(17)19/h3-12H,1-2H3. The summed E-state index contributed by atoms with van der Waals surface area (Å²) in [6.07, 6.45) is 3.04. The van der Waals surface area contributed by atoms with Gasteiger partial charge in [-0.1, -0.05) is 41.4 Å². The molecule has 9 heteroatoms. The Morgan fingerprint density at radius 3 is 2.23 bits per heavy atom. The van der Waals surface area contributed by atoms with Gasteiger partial charge in [0, 0.05) is 13.1 Å². The van der Waals surface area contributed by atoms with Gasteiger partial charge in [-0.2, -0.15) is 9.40 Å². The highest BCUT2D eigenvalue weighted by Gasteiger charge is 2.30. The zero-order valence-electron chi connectivity index (χ0n) is 14.0. The fourth-order valence-electron chi connectivity index (χ4n) is 2.54. The second-order valence-corrected chi connectivity index (χ2v) is 8.43. The van der Waals surface area contributed by atoms with E-state index in [1.165, 1.54) is 29.8 Å². The summed E-state index contributed by atoms with van der Waals surface area (Å²) in [6.45, 7) is 1.80. The van der Waals surface area contributed by atoms with Crippen LogP contribution >= 0.6 is 23.2 Å². The molecule has 6 nitrogen and oxygen atoms in total. The third-order valence-corrected chi connectivity index (χ3v) is 7.04. The molecular weight excluding hydrogens is 395 g/mol. The van der Waals surface area contributed by atoms with Crippen molar-refractivity contribution >= 4 is 33.2 Å². The molecule has 0 fully saturated rings. The van der Waals surface area contributed by atoms with Crippen LogP contribution in [0.25, 0.3) is 5.69 Å². The number of halogens is 2. The van der Waals surface area contributed by atoms with Crippen molar-refractivity contribution in [3.8, 4) is 5.69 Å². The summed E-state index contributed by atoms with van der Waals surface area (Å²) < 4.78 is 28.8. The number of rotatable bonds is 5. The monoisotopic (exact) mass is 410 g/mol. The van der Waals surface area contributed by atoms with Crippen molar-refractivity contribution in [2.75, 3.05) is 7.05 Å². The molecule has 136 valence electrons. The van der Waals surface area contributed by atoms with E-state index in [0.29, 0.717) is 0 Å². The zero-order valence-corrected chi connectivity index (χ0v) is 16.4. The van der Waals surface area contributed by atoms with Gasteiger partial charge >= 0.3 is 0 Å². The van der Waals surface area contributed by atoms with Gasteiger partial charge < -0.3 is 0 Å². The van der Waals surface area contributed by atoms with Crippen LogP contribution < -0.4 is 0 Å². The Hall–Kier alpha value is -1.93. The molecule has 0 radical (unpaired) electrons. The van der Waals surface area contributed by atoms with Gasteiger partial charge in [0.1, 0.15) is 17.6 Å². The third-order valence-electron chi connectivity index (χ3n) is 4.16. The second kappa shape index (κ2) is 7.36. The summed E-state index contributed by atoms with van der Waals surface area (Å²) in [6, 6.07) is 11.6. The van der Waals surface area contributed by atoms with Crippen molar-refractivity contribution in [2.45, 2.75) is 17.9 Å².